The molecule has 0 fully saturated rings. The average molecular weight is 433 g/mol. The minimum absolute atomic E-state index is 0.00495. The van der Waals surface area contributed by atoms with E-state index in [0.717, 1.165) is 21.8 Å². The van der Waals surface area contributed by atoms with Gasteiger partial charge in [-0.25, -0.2) is 5.43 Å². The van der Waals surface area contributed by atoms with E-state index in [4.69, 9.17) is 0 Å². The van der Waals surface area contributed by atoms with Gasteiger partial charge in [-0.3, -0.25) is 14.9 Å². The van der Waals surface area contributed by atoms with Gasteiger partial charge in [0.1, 0.15) is 0 Å². The zero-order valence-corrected chi connectivity index (χ0v) is 17.7. The number of thiophene rings is 1. The summed E-state index contributed by atoms with van der Waals surface area (Å²) in [5, 5.41) is 15.7. The summed E-state index contributed by atoms with van der Waals surface area (Å²) in [4.78, 5) is 25.4. The van der Waals surface area contributed by atoms with Crippen LogP contribution in [0, 0.1) is 10.1 Å². The number of hydrazone groups is 1. The van der Waals surface area contributed by atoms with Crippen molar-refractivity contribution in [2.24, 2.45) is 5.10 Å². The highest BCUT2D eigenvalue weighted by Crippen LogP contribution is 2.28. The largest absolute Gasteiger partial charge is 0.378 e. The second-order valence-corrected chi connectivity index (χ2v) is 8.09. The van der Waals surface area contributed by atoms with Gasteiger partial charge >= 0.3 is 0 Å². The van der Waals surface area contributed by atoms with Gasteiger partial charge < -0.3 is 9.47 Å². The summed E-state index contributed by atoms with van der Waals surface area (Å²) in [6, 6.07) is 18.1. The zero-order chi connectivity index (χ0) is 22.0. The first-order valence-corrected chi connectivity index (χ1v) is 10.2. The van der Waals surface area contributed by atoms with Crippen LogP contribution in [0.4, 0.5) is 11.4 Å². The van der Waals surface area contributed by atoms with E-state index < -0.39 is 4.92 Å². The predicted molar refractivity (Wildman–Crippen MR) is 124 cm³/mol. The number of nitrogens with zero attached hydrogens (tertiary/aromatic N) is 4. The van der Waals surface area contributed by atoms with Gasteiger partial charge in [-0.1, -0.05) is 0 Å². The number of rotatable bonds is 6. The highest BCUT2D eigenvalue weighted by atomic mass is 32.1. The van der Waals surface area contributed by atoms with Crippen molar-refractivity contribution in [1.82, 2.24) is 9.99 Å². The number of fused-ring (bicyclic) bond motifs is 1. The fourth-order valence-corrected chi connectivity index (χ4v) is 4.05. The molecule has 0 aliphatic carbocycles. The lowest BCUT2D eigenvalue weighted by molar-refractivity contribution is -0.384. The quantitative estimate of drug-likeness (QED) is 0.277. The number of hydrogen-bond acceptors (Lipinski definition) is 6. The molecule has 0 aliphatic heterocycles. The summed E-state index contributed by atoms with van der Waals surface area (Å²) in [7, 11) is 3.98. The Morgan fingerprint density at radius 3 is 2.65 bits per heavy atom. The molecule has 1 N–H and O–H groups in total. The van der Waals surface area contributed by atoms with Crippen molar-refractivity contribution < 1.29 is 9.72 Å². The molecule has 0 spiro atoms. The van der Waals surface area contributed by atoms with Crippen molar-refractivity contribution >= 4 is 44.9 Å². The molecule has 4 rings (SSSR count). The van der Waals surface area contributed by atoms with E-state index in [1.807, 2.05) is 66.2 Å². The molecule has 9 heteroatoms. The van der Waals surface area contributed by atoms with E-state index >= 15 is 0 Å². The Hall–Kier alpha value is -3.98. The maximum absolute atomic E-state index is 12.5. The van der Waals surface area contributed by atoms with E-state index in [9.17, 15) is 14.9 Å². The topological polar surface area (TPSA) is 92.8 Å². The van der Waals surface area contributed by atoms with Crippen LogP contribution in [-0.2, 0) is 0 Å². The maximum atomic E-state index is 12.5. The lowest BCUT2D eigenvalue weighted by Crippen LogP contribution is -2.16. The third-order valence-electron chi connectivity index (χ3n) is 4.72. The number of hydrogen-bond donors (Lipinski definition) is 1. The van der Waals surface area contributed by atoms with Crippen molar-refractivity contribution in [3.63, 3.8) is 0 Å². The Labute approximate surface area is 182 Å². The Bertz CT molecular complexity index is 1290. The second kappa shape index (κ2) is 8.41. The molecule has 2 aromatic carbocycles. The van der Waals surface area contributed by atoms with Gasteiger partial charge in [0, 0.05) is 53.9 Å². The molecule has 1 amide bonds. The highest BCUT2D eigenvalue weighted by Gasteiger charge is 2.13. The first-order chi connectivity index (χ1) is 14.9. The van der Waals surface area contributed by atoms with Gasteiger partial charge in [0.2, 0.25) is 0 Å². The van der Waals surface area contributed by atoms with Crippen LogP contribution in [0.5, 0.6) is 0 Å². The highest BCUT2D eigenvalue weighted by molar-refractivity contribution is 7.20. The Morgan fingerprint density at radius 2 is 1.94 bits per heavy atom. The number of nitrogens with one attached hydrogen (secondary N) is 1. The second-order valence-electron chi connectivity index (χ2n) is 7.00. The molecule has 0 bridgehead atoms. The number of benzene rings is 2. The SMILES string of the molecule is CN(C)c1ccc(-n2cccc2C=NNC(=O)c2cc3cc([N+](=O)[O-])ccc3s2)cc1. The Morgan fingerprint density at radius 1 is 1.16 bits per heavy atom. The third-order valence-corrected chi connectivity index (χ3v) is 5.84. The van der Waals surface area contributed by atoms with Crippen LogP contribution in [0.2, 0.25) is 0 Å². The van der Waals surface area contributed by atoms with E-state index in [-0.39, 0.29) is 11.6 Å². The predicted octanol–water partition coefficient (Wildman–Crippen LogP) is 4.43. The summed E-state index contributed by atoms with van der Waals surface area (Å²) in [5.41, 5.74) is 5.42. The summed E-state index contributed by atoms with van der Waals surface area (Å²) in [5.74, 6) is -0.367. The molecule has 2 aromatic heterocycles. The number of carbonyl (C=O) groups excluding carboxylic acids is 1. The maximum Gasteiger partial charge on any atom is 0.281 e. The molecule has 0 saturated carbocycles. The molecule has 4 aromatic rings. The molecule has 0 radical (unpaired) electrons. The number of aromatic nitrogens is 1. The number of nitro groups is 1. The molecule has 156 valence electrons. The number of amides is 1. The lowest BCUT2D eigenvalue weighted by atomic mass is 10.2. The Balaban J connectivity index is 1.48. The summed E-state index contributed by atoms with van der Waals surface area (Å²) in [6.07, 6.45) is 3.50. The minimum Gasteiger partial charge on any atom is -0.378 e. The number of nitro benzene ring substituents is 1. The molecule has 31 heavy (non-hydrogen) atoms. The van der Waals surface area contributed by atoms with Gasteiger partial charge in [0.25, 0.3) is 11.6 Å². The van der Waals surface area contributed by atoms with E-state index in [1.54, 1.807) is 18.3 Å². The van der Waals surface area contributed by atoms with Gasteiger partial charge in [-0.05, 0) is 48.5 Å². The normalized spacial score (nSPS) is 11.2. The fraction of sp³-hybridized carbons (Fsp3) is 0.0909. The van der Waals surface area contributed by atoms with Crippen LogP contribution in [0.15, 0.2) is 72.0 Å². The summed E-state index contributed by atoms with van der Waals surface area (Å²) >= 11 is 1.26. The van der Waals surface area contributed by atoms with Crippen LogP contribution < -0.4 is 10.3 Å². The molecule has 0 unspecified atom stereocenters. The molecule has 0 aliphatic rings. The standard InChI is InChI=1S/C22H19N5O3S/c1-25(2)16-5-7-17(8-6-16)26-11-3-4-19(26)14-23-24-22(28)21-13-15-12-18(27(29)30)9-10-20(15)31-21/h3-14H,1-2H3,(H,24,28). The van der Waals surface area contributed by atoms with Gasteiger partial charge in [0.15, 0.2) is 0 Å². The monoisotopic (exact) mass is 433 g/mol. The van der Waals surface area contributed by atoms with E-state index in [2.05, 4.69) is 10.5 Å². The van der Waals surface area contributed by atoms with Gasteiger partial charge in [-0.2, -0.15) is 5.10 Å². The summed E-state index contributed by atoms with van der Waals surface area (Å²) < 4.78 is 2.77. The van der Waals surface area contributed by atoms with Crippen LogP contribution in [-0.4, -0.2) is 35.7 Å². The van der Waals surface area contributed by atoms with Crippen LogP contribution in [0.25, 0.3) is 15.8 Å². The van der Waals surface area contributed by atoms with Crippen LogP contribution in [0.3, 0.4) is 0 Å². The lowest BCUT2D eigenvalue weighted by Gasteiger charge is -2.13. The zero-order valence-electron chi connectivity index (χ0n) is 16.9. The number of carbonyl (C=O) groups is 1. The molecular formula is C22H19N5O3S. The van der Waals surface area contributed by atoms with Crippen molar-refractivity contribution in [2.75, 3.05) is 19.0 Å². The van der Waals surface area contributed by atoms with Crippen LogP contribution >= 0.6 is 11.3 Å². The first kappa shape index (κ1) is 20.3. The van der Waals surface area contributed by atoms with E-state index in [0.29, 0.717) is 10.3 Å². The first-order valence-electron chi connectivity index (χ1n) is 9.39. The van der Waals surface area contributed by atoms with Crippen molar-refractivity contribution in [2.45, 2.75) is 0 Å². The molecule has 8 nitrogen and oxygen atoms in total. The molecule has 2 heterocycles. The summed E-state index contributed by atoms with van der Waals surface area (Å²) in [6.45, 7) is 0. The molecule has 0 atom stereocenters. The number of non-ortho nitro benzene ring substituents is 1. The number of anilines is 1. The molecule has 0 saturated heterocycles. The van der Waals surface area contributed by atoms with Gasteiger partial charge in [-0.15, -0.1) is 11.3 Å². The average Bonchev–Trinajstić information content (AvgIpc) is 3.40. The minimum atomic E-state index is -0.454. The fourth-order valence-electron chi connectivity index (χ4n) is 3.11. The smallest absolute Gasteiger partial charge is 0.281 e. The van der Waals surface area contributed by atoms with Crippen LogP contribution in [0.1, 0.15) is 15.4 Å². The van der Waals surface area contributed by atoms with Crippen molar-refractivity contribution in [3.8, 4) is 5.69 Å². The van der Waals surface area contributed by atoms with Gasteiger partial charge in [0.05, 0.1) is 21.7 Å². The van der Waals surface area contributed by atoms with E-state index in [1.165, 1.54) is 23.5 Å². The Kier molecular flexibility index (Phi) is 5.50. The van der Waals surface area contributed by atoms with Crippen molar-refractivity contribution in [1.29, 1.82) is 0 Å². The third kappa shape index (κ3) is 4.31. The van der Waals surface area contributed by atoms with Crippen molar-refractivity contribution in [3.05, 3.63) is 87.5 Å². The molecular weight excluding hydrogens is 414 g/mol.